The molecule has 1 nitrogen and oxygen atoms in total. The van der Waals surface area contributed by atoms with Crippen molar-refractivity contribution < 1.29 is 0 Å². The highest BCUT2D eigenvalue weighted by atomic mass is 32.1. The summed E-state index contributed by atoms with van der Waals surface area (Å²) in [7, 11) is 0. The van der Waals surface area contributed by atoms with Crippen LogP contribution in [0, 0.1) is 13.8 Å². The molecule has 0 amide bonds. The molecule has 0 aliphatic carbocycles. The minimum Gasteiger partial charge on any atom is -0.393 e. The van der Waals surface area contributed by atoms with Crippen molar-refractivity contribution in [2.75, 3.05) is 0 Å². The molecular weight excluding hydrogens is 178 g/mol. The Morgan fingerprint density at radius 3 is 2.69 bits per heavy atom. The van der Waals surface area contributed by atoms with E-state index in [9.17, 15) is 0 Å². The molecule has 0 saturated heterocycles. The normalized spacial score (nSPS) is 10.0. The minimum absolute atomic E-state index is 0.598. The van der Waals surface area contributed by atoms with E-state index in [1.165, 1.54) is 16.7 Å². The Morgan fingerprint density at radius 2 is 2.08 bits per heavy atom. The van der Waals surface area contributed by atoms with Gasteiger partial charge < -0.3 is 5.73 Å². The molecule has 0 saturated carbocycles. The zero-order valence-electron chi connectivity index (χ0n) is 8.13. The first kappa shape index (κ1) is 10.2. The summed E-state index contributed by atoms with van der Waals surface area (Å²) in [5.74, 6) is 0. The highest BCUT2D eigenvalue weighted by Crippen LogP contribution is 2.12. The predicted molar refractivity (Wildman–Crippen MR) is 61.0 cm³/mol. The Kier molecular flexibility index (Phi) is 3.43. The van der Waals surface area contributed by atoms with E-state index in [-0.39, 0.29) is 0 Å². The summed E-state index contributed by atoms with van der Waals surface area (Å²) in [6.45, 7) is 4.22. The van der Waals surface area contributed by atoms with E-state index in [4.69, 9.17) is 18.0 Å². The number of nitrogens with two attached hydrogens (primary N) is 1. The molecule has 1 aromatic rings. The number of thiocarbonyl (C=S) groups is 1. The standard InChI is InChI=1S/C11H15NS/c1-8-3-4-9(2)10(7-8)5-6-11(12)13/h3-4,7H,5-6H2,1-2H3,(H2,12,13). The summed E-state index contributed by atoms with van der Waals surface area (Å²) < 4.78 is 0. The summed E-state index contributed by atoms with van der Waals surface area (Å²) in [6.07, 6.45) is 1.77. The Balaban J connectivity index is 2.75. The van der Waals surface area contributed by atoms with Gasteiger partial charge in [0.1, 0.15) is 0 Å². The van der Waals surface area contributed by atoms with Crippen LogP contribution >= 0.6 is 12.2 Å². The monoisotopic (exact) mass is 193 g/mol. The molecule has 0 atom stereocenters. The smallest absolute Gasteiger partial charge is 0.0730 e. The third-order valence-electron chi connectivity index (χ3n) is 2.15. The van der Waals surface area contributed by atoms with Crippen LogP contribution < -0.4 is 5.73 Å². The average Bonchev–Trinajstić information content (AvgIpc) is 2.06. The van der Waals surface area contributed by atoms with Crippen molar-refractivity contribution in [1.29, 1.82) is 0 Å². The van der Waals surface area contributed by atoms with Gasteiger partial charge in [0, 0.05) is 6.42 Å². The summed E-state index contributed by atoms with van der Waals surface area (Å²) in [4.78, 5) is 0.598. The second-order valence-corrected chi connectivity index (χ2v) is 3.92. The molecule has 0 aliphatic rings. The van der Waals surface area contributed by atoms with Gasteiger partial charge in [0.25, 0.3) is 0 Å². The Labute approximate surface area is 85.0 Å². The summed E-state index contributed by atoms with van der Waals surface area (Å²) >= 11 is 4.85. The minimum atomic E-state index is 0.598. The van der Waals surface area contributed by atoms with Gasteiger partial charge in [-0.05, 0) is 31.4 Å². The first-order valence-electron chi connectivity index (χ1n) is 4.44. The second kappa shape index (κ2) is 4.38. The summed E-state index contributed by atoms with van der Waals surface area (Å²) in [5.41, 5.74) is 9.43. The van der Waals surface area contributed by atoms with Crippen molar-refractivity contribution in [3.05, 3.63) is 34.9 Å². The molecule has 2 N–H and O–H groups in total. The topological polar surface area (TPSA) is 26.0 Å². The predicted octanol–water partition coefficient (Wildman–Crippen LogP) is 2.52. The van der Waals surface area contributed by atoms with Crippen molar-refractivity contribution in [3.8, 4) is 0 Å². The maximum atomic E-state index is 5.46. The van der Waals surface area contributed by atoms with Gasteiger partial charge in [-0.2, -0.15) is 0 Å². The molecule has 13 heavy (non-hydrogen) atoms. The molecule has 0 unspecified atom stereocenters. The lowest BCUT2D eigenvalue weighted by molar-refractivity contribution is 1.02. The Bertz CT molecular complexity index is 318. The molecule has 0 bridgehead atoms. The highest BCUT2D eigenvalue weighted by molar-refractivity contribution is 7.80. The molecule has 0 heterocycles. The maximum absolute atomic E-state index is 5.46. The summed E-state index contributed by atoms with van der Waals surface area (Å²) in [6, 6.07) is 6.47. The number of benzene rings is 1. The van der Waals surface area contributed by atoms with Gasteiger partial charge in [0.2, 0.25) is 0 Å². The quantitative estimate of drug-likeness (QED) is 0.746. The summed E-state index contributed by atoms with van der Waals surface area (Å²) in [5, 5.41) is 0. The third kappa shape index (κ3) is 3.15. The molecule has 0 radical (unpaired) electrons. The number of hydrogen-bond donors (Lipinski definition) is 1. The van der Waals surface area contributed by atoms with Crippen molar-refractivity contribution in [3.63, 3.8) is 0 Å². The third-order valence-corrected chi connectivity index (χ3v) is 2.35. The molecule has 2 heteroatoms. The molecule has 0 spiro atoms. The van der Waals surface area contributed by atoms with Gasteiger partial charge in [0.15, 0.2) is 0 Å². The van der Waals surface area contributed by atoms with Gasteiger partial charge in [0.05, 0.1) is 4.99 Å². The fraction of sp³-hybridized carbons (Fsp3) is 0.364. The number of aryl methyl sites for hydroxylation is 3. The Morgan fingerprint density at radius 1 is 1.38 bits per heavy atom. The molecule has 1 rings (SSSR count). The van der Waals surface area contributed by atoms with Crippen LogP contribution in [0.3, 0.4) is 0 Å². The Hall–Kier alpha value is -0.890. The van der Waals surface area contributed by atoms with Gasteiger partial charge in [-0.25, -0.2) is 0 Å². The van der Waals surface area contributed by atoms with Crippen LogP contribution in [0.4, 0.5) is 0 Å². The average molecular weight is 193 g/mol. The van der Waals surface area contributed by atoms with E-state index in [1.54, 1.807) is 0 Å². The largest absolute Gasteiger partial charge is 0.393 e. The van der Waals surface area contributed by atoms with Crippen molar-refractivity contribution in [1.82, 2.24) is 0 Å². The van der Waals surface area contributed by atoms with Gasteiger partial charge in [-0.15, -0.1) is 0 Å². The van der Waals surface area contributed by atoms with Crippen LogP contribution in [0.1, 0.15) is 23.1 Å². The molecule has 0 aliphatic heterocycles. The van der Waals surface area contributed by atoms with E-state index in [0.717, 1.165) is 12.8 Å². The van der Waals surface area contributed by atoms with Crippen LogP contribution in [0.5, 0.6) is 0 Å². The lowest BCUT2D eigenvalue weighted by Crippen LogP contribution is -2.09. The lowest BCUT2D eigenvalue weighted by Gasteiger charge is -2.05. The first-order chi connectivity index (χ1) is 6.09. The highest BCUT2D eigenvalue weighted by Gasteiger charge is 1.99. The van der Waals surface area contributed by atoms with Crippen LogP contribution in [-0.4, -0.2) is 4.99 Å². The zero-order valence-corrected chi connectivity index (χ0v) is 8.95. The zero-order chi connectivity index (χ0) is 9.84. The van der Waals surface area contributed by atoms with E-state index >= 15 is 0 Å². The van der Waals surface area contributed by atoms with Crippen molar-refractivity contribution >= 4 is 17.2 Å². The van der Waals surface area contributed by atoms with Crippen LogP contribution in [0.2, 0.25) is 0 Å². The van der Waals surface area contributed by atoms with E-state index in [0.29, 0.717) is 4.99 Å². The number of hydrogen-bond acceptors (Lipinski definition) is 1. The first-order valence-corrected chi connectivity index (χ1v) is 4.85. The van der Waals surface area contributed by atoms with Crippen molar-refractivity contribution in [2.45, 2.75) is 26.7 Å². The molecule has 0 aromatic heterocycles. The van der Waals surface area contributed by atoms with E-state index in [1.807, 2.05) is 0 Å². The molecule has 1 aromatic carbocycles. The number of rotatable bonds is 3. The fourth-order valence-corrected chi connectivity index (χ4v) is 1.43. The van der Waals surface area contributed by atoms with Crippen LogP contribution in [-0.2, 0) is 6.42 Å². The molecule has 70 valence electrons. The molecule has 0 fully saturated rings. The lowest BCUT2D eigenvalue weighted by atomic mass is 10.0. The SMILES string of the molecule is Cc1ccc(C)c(CCC(N)=S)c1. The van der Waals surface area contributed by atoms with E-state index < -0.39 is 0 Å². The fourth-order valence-electron chi connectivity index (χ4n) is 1.33. The van der Waals surface area contributed by atoms with Crippen LogP contribution in [0.25, 0.3) is 0 Å². The van der Waals surface area contributed by atoms with Crippen LogP contribution in [0.15, 0.2) is 18.2 Å². The van der Waals surface area contributed by atoms with Gasteiger partial charge in [-0.1, -0.05) is 36.0 Å². The van der Waals surface area contributed by atoms with Crippen molar-refractivity contribution in [2.24, 2.45) is 5.73 Å². The van der Waals surface area contributed by atoms with E-state index in [2.05, 4.69) is 32.0 Å². The van der Waals surface area contributed by atoms with Gasteiger partial charge >= 0.3 is 0 Å². The van der Waals surface area contributed by atoms with Gasteiger partial charge in [-0.3, -0.25) is 0 Å². The second-order valence-electron chi connectivity index (χ2n) is 3.40. The molecular formula is C11H15NS. The maximum Gasteiger partial charge on any atom is 0.0730 e.